The molecule has 6 nitrogen and oxygen atoms in total. The summed E-state index contributed by atoms with van der Waals surface area (Å²) in [6.07, 6.45) is 3.54. The van der Waals surface area contributed by atoms with E-state index in [0.29, 0.717) is 38.6 Å². The van der Waals surface area contributed by atoms with Crippen molar-refractivity contribution in [2.24, 2.45) is 0 Å². The van der Waals surface area contributed by atoms with E-state index in [4.69, 9.17) is 30.2 Å². The zero-order chi connectivity index (χ0) is 24.9. The summed E-state index contributed by atoms with van der Waals surface area (Å²) < 4.78 is 22.1. The number of esters is 1. The first-order valence-corrected chi connectivity index (χ1v) is 11.3. The van der Waals surface area contributed by atoms with Crippen LogP contribution in [0.2, 0.25) is 5.02 Å². The van der Waals surface area contributed by atoms with Crippen molar-refractivity contribution in [3.63, 3.8) is 0 Å². The molecule has 35 heavy (non-hydrogen) atoms. The summed E-state index contributed by atoms with van der Waals surface area (Å²) in [7, 11) is 3.07. The molecule has 0 saturated heterocycles. The highest BCUT2D eigenvalue weighted by atomic mass is 35.5. The van der Waals surface area contributed by atoms with E-state index in [1.165, 1.54) is 13.2 Å². The maximum Gasteiger partial charge on any atom is 0.336 e. The van der Waals surface area contributed by atoms with Crippen LogP contribution in [0.1, 0.15) is 18.1 Å². The van der Waals surface area contributed by atoms with Crippen LogP contribution in [0, 0.1) is 0 Å². The molecule has 7 heteroatoms. The Balaban J connectivity index is 1.74. The van der Waals surface area contributed by atoms with Crippen LogP contribution in [0.15, 0.2) is 76.0 Å². The molecule has 3 aromatic carbocycles. The molecule has 0 spiro atoms. The Morgan fingerprint density at radius 3 is 2.40 bits per heavy atom. The van der Waals surface area contributed by atoms with E-state index < -0.39 is 11.4 Å². The van der Waals surface area contributed by atoms with Gasteiger partial charge < -0.3 is 18.6 Å². The molecular weight excluding hydrogens is 468 g/mol. The van der Waals surface area contributed by atoms with Gasteiger partial charge in [-0.05, 0) is 72.2 Å². The van der Waals surface area contributed by atoms with Gasteiger partial charge in [-0.15, -0.1) is 0 Å². The largest absolute Gasteiger partial charge is 0.493 e. The predicted molar refractivity (Wildman–Crippen MR) is 137 cm³/mol. The Bertz CT molecular complexity index is 1470. The third-order valence-corrected chi connectivity index (χ3v) is 5.70. The Morgan fingerprint density at radius 2 is 1.71 bits per heavy atom. The highest BCUT2D eigenvalue weighted by Gasteiger charge is 2.20. The Hall–Kier alpha value is -4.03. The average molecular weight is 491 g/mol. The summed E-state index contributed by atoms with van der Waals surface area (Å²) in [4.78, 5) is 26.1. The smallest absolute Gasteiger partial charge is 0.336 e. The van der Waals surface area contributed by atoms with Crippen LogP contribution >= 0.6 is 11.6 Å². The molecule has 1 aromatic heterocycles. The molecule has 0 N–H and O–H groups in total. The van der Waals surface area contributed by atoms with Crippen molar-refractivity contribution in [3.8, 4) is 28.6 Å². The van der Waals surface area contributed by atoms with E-state index in [-0.39, 0.29) is 11.5 Å². The monoisotopic (exact) mass is 490 g/mol. The van der Waals surface area contributed by atoms with Crippen LogP contribution in [-0.4, -0.2) is 20.2 Å². The number of methoxy groups -OCH3 is 2. The molecule has 0 radical (unpaired) electrons. The molecule has 0 saturated carbocycles. The van der Waals surface area contributed by atoms with Gasteiger partial charge in [0.2, 0.25) is 11.2 Å². The quantitative estimate of drug-likeness (QED) is 0.223. The van der Waals surface area contributed by atoms with Gasteiger partial charge in [0.15, 0.2) is 17.3 Å². The van der Waals surface area contributed by atoms with Crippen molar-refractivity contribution in [1.82, 2.24) is 0 Å². The molecule has 0 aliphatic carbocycles. The van der Waals surface area contributed by atoms with Gasteiger partial charge in [-0.3, -0.25) is 4.79 Å². The van der Waals surface area contributed by atoms with Gasteiger partial charge in [-0.25, -0.2) is 4.79 Å². The second kappa shape index (κ2) is 10.5. The van der Waals surface area contributed by atoms with Gasteiger partial charge in [-0.1, -0.05) is 30.7 Å². The Kier molecular flexibility index (Phi) is 7.22. The SMILES string of the molecule is CCc1ccc2oc(-c3ccc(Cl)cc3)c(OC(=O)/C=C/c3ccc(OC)c(OC)c3)c(=O)c2c1. The average Bonchev–Trinajstić information content (AvgIpc) is 2.89. The molecule has 0 aliphatic heterocycles. The summed E-state index contributed by atoms with van der Waals surface area (Å²) >= 11 is 6.02. The minimum Gasteiger partial charge on any atom is -0.493 e. The van der Waals surface area contributed by atoms with Crippen LogP contribution in [-0.2, 0) is 11.2 Å². The van der Waals surface area contributed by atoms with Crippen molar-refractivity contribution < 1.29 is 23.4 Å². The minimum absolute atomic E-state index is 0.149. The number of hydrogen-bond acceptors (Lipinski definition) is 6. The van der Waals surface area contributed by atoms with Crippen LogP contribution in [0.4, 0.5) is 0 Å². The molecule has 0 atom stereocenters. The summed E-state index contributed by atoms with van der Waals surface area (Å²) in [5.41, 5.74) is 2.18. The molecule has 178 valence electrons. The Morgan fingerprint density at radius 1 is 0.971 bits per heavy atom. The fraction of sp³-hybridized carbons (Fsp3) is 0.143. The first-order chi connectivity index (χ1) is 16.9. The predicted octanol–water partition coefficient (Wildman–Crippen LogP) is 6.31. The lowest BCUT2D eigenvalue weighted by atomic mass is 10.1. The number of halogens is 1. The molecule has 0 bridgehead atoms. The first-order valence-electron chi connectivity index (χ1n) is 10.9. The van der Waals surface area contributed by atoms with E-state index in [9.17, 15) is 9.59 Å². The van der Waals surface area contributed by atoms with Gasteiger partial charge in [0.1, 0.15) is 5.58 Å². The molecule has 1 heterocycles. The van der Waals surface area contributed by atoms with Crippen molar-refractivity contribution >= 4 is 34.6 Å². The number of ether oxygens (including phenoxy) is 3. The number of benzene rings is 3. The van der Waals surface area contributed by atoms with Crippen molar-refractivity contribution in [1.29, 1.82) is 0 Å². The highest BCUT2D eigenvalue weighted by molar-refractivity contribution is 6.30. The van der Waals surface area contributed by atoms with Gasteiger partial charge in [0, 0.05) is 16.7 Å². The number of fused-ring (bicyclic) bond motifs is 1. The second-order valence-electron chi connectivity index (χ2n) is 7.65. The lowest BCUT2D eigenvalue weighted by Gasteiger charge is -2.10. The summed E-state index contributed by atoms with van der Waals surface area (Å²) in [6.45, 7) is 1.99. The zero-order valence-electron chi connectivity index (χ0n) is 19.5. The standard InChI is InChI=1S/C28H23ClO6/c1-4-17-5-12-22-21(15-17)26(31)28(27(34-22)19-8-10-20(29)11-9-19)35-25(30)14-7-18-6-13-23(32-2)24(16-18)33-3/h5-16H,4H2,1-3H3/b14-7+. The fourth-order valence-corrected chi connectivity index (χ4v) is 3.71. The third-order valence-electron chi connectivity index (χ3n) is 5.45. The van der Waals surface area contributed by atoms with Crippen LogP contribution in [0.25, 0.3) is 28.4 Å². The minimum atomic E-state index is -0.728. The number of rotatable bonds is 7. The summed E-state index contributed by atoms with van der Waals surface area (Å²) in [6, 6.07) is 17.3. The molecule has 0 amide bonds. The molecule has 0 aliphatic rings. The normalized spacial score (nSPS) is 11.1. The Labute approximate surface area is 207 Å². The van der Waals surface area contributed by atoms with Gasteiger partial charge in [0.05, 0.1) is 19.6 Å². The van der Waals surface area contributed by atoms with Crippen molar-refractivity contribution in [2.75, 3.05) is 14.2 Å². The number of hydrogen-bond donors (Lipinski definition) is 0. The van der Waals surface area contributed by atoms with E-state index in [2.05, 4.69) is 0 Å². The maximum atomic E-state index is 13.4. The molecule has 4 aromatic rings. The topological polar surface area (TPSA) is 75.0 Å². The van der Waals surface area contributed by atoms with E-state index in [0.717, 1.165) is 12.0 Å². The lowest BCUT2D eigenvalue weighted by molar-refractivity contribution is -0.129. The zero-order valence-corrected chi connectivity index (χ0v) is 20.2. The van der Waals surface area contributed by atoms with E-state index in [1.54, 1.807) is 67.8 Å². The molecule has 0 unspecified atom stereocenters. The van der Waals surface area contributed by atoms with Gasteiger partial charge >= 0.3 is 5.97 Å². The van der Waals surface area contributed by atoms with Crippen LogP contribution in [0.3, 0.4) is 0 Å². The highest BCUT2D eigenvalue weighted by Crippen LogP contribution is 2.32. The summed E-state index contributed by atoms with van der Waals surface area (Å²) in [5.74, 6) is 0.328. The van der Waals surface area contributed by atoms with Gasteiger partial charge in [0.25, 0.3) is 0 Å². The van der Waals surface area contributed by atoms with Crippen LogP contribution < -0.4 is 19.6 Å². The van der Waals surface area contributed by atoms with Crippen molar-refractivity contribution in [3.05, 3.63) is 93.1 Å². The lowest BCUT2D eigenvalue weighted by Crippen LogP contribution is -2.14. The maximum absolute atomic E-state index is 13.4. The molecular formula is C28H23ClO6. The number of carbonyl (C=O) groups excluding carboxylic acids is 1. The van der Waals surface area contributed by atoms with Crippen LogP contribution in [0.5, 0.6) is 17.2 Å². The molecule has 4 rings (SSSR count). The molecule has 0 fully saturated rings. The third kappa shape index (κ3) is 5.23. The first kappa shape index (κ1) is 24.1. The fourth-order valence-electron chi connectivity index (χ4n) is 3.58. The summed E-state index contributed by atoms with van der Waals surface area (Å²) in [5, 5.41) is 0.870. The second-order valence-corrected chi connectivity index (χ2v) is 8.09. The van der Waals surface area contributed by atoms with Gasteiger partial charge in [-0.2, -0.15) is 0 Å². The van der Waals surface area contributed by atoms with Crippen molar-refractivity contribution in [2.45, 2.75) is 13.3 Å². The van der Waals surface area contributed by atoms with E-state index in [1.807, 2.05) is 13.0 Å². The number of aryl methyl sites for hydroxylation is 1. The van der Waals surface area contributed by atoms with E-state index >= 15 is 0 Å². The number of carbonyl (C=O) groups is 1.